The molecule has 2 atom stereocenters. The summed E-state index contributed by atoms with van der Waals surface area (Å²) in [5.41, 5.74) is 0. The van der Waals surface area contributed by atoms with Crippen LogP contribution in [-0.2, 0) is 9.53 Å². The van der Waals surface area contributed by atoms with Gasteiger partial charge in [-0.2, -0.15) is 0 Å². The minimum Gasteiger partial charge on any atom is -0.462 e. The molecular formula is C20H40O2. The Hall–Kier alpha value is -0.530. The predicted molar refractivity (Wildman–Crippen MR) is 96.1 cm³/mol. The number of hydrogen-bond donors (Lipinski definition) is 0. The summed E-state index contributed by atoms with van der Waals surface area (Å²) in [7, 11) is 0. The number of unbranched alkanes of at least 4 members (excludes halogenated alkanes) is 8. The van der Waals surface area contributed by atoms with Gasteiger partial charge in [0, 0.05) is 0 Å². The first-order valence-corrected chi connectivity index (χ1v) is 9.86. The van der Waals surface area contributed by atoms with E-state index in [0.29, 0.717) is 0 Å². The van der Waals surface area contributed by atoms with Crippen molar-refractivity contribution in [3.8, 4) is 0 Å². The van der Waals surface area contributed by atoms with Crippen LogP contribution in [0.3, 0.4) is 0 Å². The van der Waals surface area contributed by atoms with Gasteiger partial charge in [-0.1, -0.05) is 85.0 Å². The molecule has 0 rings (SSSR count). The molecule has 0 aromatic heterocycles. The normalized spacial score (nSPS) is 13.8. The van der Waals surface area contributed by atoms with E-state index in [1.807, 2.05) is 6.92 Å². The van der Waals surface area contributed by atoms with Gasteiger partial charge in [0.25, 0.3) is 0 Å². The fourth-order valence-corrected chi connectivity index (χ4v) is 2.86. The Morgan fingerprint density at radius 3 is 1.86 bits per heavy atom. The molecule has 2 nitrogen and oxygen atoms in total. The van der Waals surface area contributed by atoms with Gasteiger partial charge >= 0.3 is 5.97 Å². The maximum Gasteiger partial charge on any atom is 0.309 e. The highest BCUT2D eigenvalue weighted by Gasteiger charge is 2.19. The molecule has 0 aliphatic carbocycles. The highest BCUT2D eigenvalue weighted by Crippen LogP contribution is 2.18. The van der Waals surface area contributed by atoms with E-state index in [-0.39, 0.29) is 18.0 Å². The first-order chi connectivity index (χ1) is 10.7. The predicted octanol–water partition coefficient (Wildman–Crippen LogP) is 6.67. The lowest BCUT2D eigenvalue weighted by atomic mass is 9.97. The maximum absolute atomic E-state index is 12.2. The smallest absolute Gasteiger partial charge is 0.309 e. The molecule has 22 heavy (non-hydrogen) atoms. The minimum atomic E-state index is 0.0362. The molecule has 0 radical (unpaired) electrons. The molecule has 0 heterocycles. The topological polar surface area (TPSA) is 26.3 Å². The average molecular weight is 313 g/mol. The number of carbonyl (C=O) groups excluding carboxylic acids is 1. The average Bonchev–Trinajstić information content (AvgIpc) is 2.51. The molecule has 0 aliphatic rings. The Kier molecular flexibility index (Phi) is 15.0. The van der Waals surface area contributed by atoms with Gasteiger partial charge in [0.15, 0.2) is 0 Å². The zero-order valence-electron chi connectivity index (χ0n) is 15.7. The first-order valence-electron chi connectivity index (χ1n) is 9.86. The van der Waals surface area contributed by atoms with Crippen molar-refractivity contribution in [1.82, 2.24) is 0 Å². The minimum absolute atomic E-state index is 0.0362. The zero-order valence-corrected chi connectivity index (χ0v) is 15.7. The van der Waals surface area contributed by atoms with Crippen LogP contribution >= 0.6 is 0 Å². The van der Waals surface area contributed by atoms with Crippen molar-refractivity contribution in [1.29, 1.82) is 0 Å². The van der Waals surface area contributed by atoms with Crippen molar-refractivity contribution in [2.45, 2.75) is 117 Å². The van der Waals surface area contributed by atoms with E-state index >= 15 is 0 Å². The van der Waals surface area contributed by atoms with E-state index in [0.717, 1.165) is 32.1 Å². The van der Waals surface area contributed by atoms with E-state index in [9.17, 15) is 4.79 Å². The third kappa shape index (κ3) is 12.1. The highest BCUT2D eigenvalue weighted by atomic mass is 16.5. The van der Waals surface area contributed by atoms with Gasteiger partial charge in [-0.05, 0) is 26.2 Å². The molecule has 0 spiro atoms. The van der Waals surface area contributed by atoms with Crippen LogP contribution in [0.2, 0.25) is 0 Å². The third-order valence-electron chi connectivity index (χ3n) is 4.51. The maximum atomic E-state index is 12.2. The molecule has 0 amide bonds. The molecule has 0 saturated carbocycles. The second-order valence-electron chi connectivity index (χ2n) is 6.76. The number of hydrogen-bond acceptors (Lipinski definition) is 2. The largest absolute Gasteiger partial charge is 0.462 e. The van der Waals surface area contributed by atoms with Crippen molar-refractivity contribution in [3.05, 3.63) is 0 Å². The van der Waals surface area contributed by atoms with Crippen LogP contribution in [0.25, 0.3) is 0 Å². The second kappa shape index (κ2) is 15.4. The summed E-state index contributed by atoms with van der Waals surface area (Å²) >= 11 is 0. The molecule has 0 bridgehead atoms. The van der Waals surface area contributed by atoms with Crippen LogP contribution in [0, 0.1) is 5.92 Å². The monoisotopic (exact) mass is 312 g/mol. The van der Waals surface area contributed by atoms with E-state index < -0.39 is 0 Å². The van der Waals surface area contributed by atoms with E-state index in [2.05, 4.69) is 20.8 Å². The summed E-state index contributed by atoms with van der Waals surface area (Å²) in [6.07, 6.45) is 15.9. The highest BCUT2D eigenvalue weighted by molar-refractivity contribution is 5.72. The second-order valence-corrected chi connectivity index (χ2v) is 6.76. The van der Waals surface area contributed by atoms with Crippen LogP contribution < -0.4 is 0 Å². The van der Waals surface area contributed by atoms with Crippen molar-refractivity contribution in [2.75, 3.05) is 0 Å². The van der Waals surface area contributed by atoms with Crippen molar-refractivity contribution >= 4 is 5.97 Å². The van der Waals surface area contributed by atoms with Crippen LogP contribution in [0.1, 0.15) is 111 Å². The van der Waals surface area contributed by atoms with Crippen molar-refractivity contribution in [3.63, 3.8) is 0 Å². The quantitative estimate of drug-likeness (QED) is 0.249. The van der Waals surface area contributed by atoms with Gasteiger partial charge in [0.1, 0.15) is 0 Å². The lowest BCUT2D eigenvalue weighted by Crippen LogP contribution is -2.22. The van der Waals surface area contributed by atoms with Gasteiger partial charge < -0.3 is 4.74 Å². The van der Waals surface area contributed by atoms with Gasteiger partial charge in [0.05, 0.1) is 12.0 Å². The molecule has 0 saturated heterocycles. The zero-order chi connectivity index (χ0) is 16.6. The summed E-state index contributed by atoms with van der Waals surface area (Å²) in [5.74, 6) is 0.151. The molecule has 0 N–H and O–H groups in total. The number of carbonyl (C=O) groups is 1. The first kappa shape index (κ1) is 21.5. The summed E-state index contributed by atoms with van der Waals surface area (Å²) in [6, 6.07) is 0. The van der Waals surface area contributed by atoms with Gasteiger partial charge in [-0.25, -0.2) is 0 Å². The van der Waals surface area contributed by atoms with Crippen LogP contribution in [-0.4, -0.2) is 12.1 Å². The fraction of sp³-hybridized carbons (Fsp3) is 0.950. The Morgan fingerprint density at radius 1 is 0.773 bits per heavy atom. The molecule has 2 heteroatoms. The summed E-state index contributed by atoms with van der Waals surface area (Å²) in [6.45, 7) is 8.56. The van der Waals surface area contributed by atoms with E-state index in [1.54, 1.807) is 0 Å². The van der Waals surface area contributed by atoms with Crippen LogP contribution in [0.5, 0.6) is 0 Å². The fourth-order valence-electron chi connectivity index (χ4n) is 2.86. The molecule has 0 aromatic rings. The third-order valence-corrected chi connectivity index (χ3v) is 4.51. The number of esters is 1. The van der Waals surface area contributed by atoms with Crippen LogP contribution in [0.4, 0.5) is 0 Å². The summed E-state index contributed by atoms with van der Waals surface area (Å²) in [5, 5.41) is 0. The lowest BCUT2D eigenvalue weighted by Gasteiger charge is -2.18. The molecule has 0 aliphatic heterocycles. The Bertz CT molecular complexity index is 250. The summed E-state index contributed by atoms with van der Waals surface area (Å²) < 4.78 is 5.59. The van der Waals surface area contributed by atoms with Gasteiger partial charge in [-0.15, -0.1) is 0 Å². The van der Waals surface area contributed by atoms with Gasteiger partial charge in [0.2, 0.25) is 0 Å². The standard InChI is InChI=1S/C20H40O2/c1-5-8-10-11-12-13-14-15-17-19(7-3)20(21)22-18(4)16-9-6-2/h18-19H,5-17H2,1-4H3. The van der Waals surface area contributed by atoms with Crippen LogP contribution in [0.15, 0.2) is 0 Å². The lowest BCUT2D eigenvalue weighted by molar-refractivity contribution is -0.154. The SMILES string of the molecule is CCCCCCCCCCC(CC)C(=O)OC(C)CCCC. The van der Waals surface area contributed by atoms with E-state index in [1.165, 1.54) is 51.4 Å². The Balaban J connectivity index is 3.70. The van der Waals surface area contributed by atoms with E-state index in [4.69, 9.17) is 4.74 Å². The molecule has 132 valence electrons. The Morgan fingerprint density at radius 2 is 1.32 bits per heavy atom. The molecular weight excluding hydrogens is 272 g/mol. The molecule has 0 fully saturated rings. The Labute approximate surface area is 139 Å². The molecule has 2 unspecified atom stereocenters. The van der Waals surface area contributed by atoms with Crippen molar-refractivity contribution < 1.29 is 9.53 Å². The number of rotatable bonds is 15. The van der Waals surface area contributed by atoms with Gasteiger partial charge in [-0.3, -0.25) is 4.79 Å². The molecule has 0 aromatic carbocycles. The summed E-state index contributed by atoms with van der Waals surface area (Å²) in [4.78, 5) is 12.2. The number of ether oxygens (including phenoxy) is 1. The van der Waals surface area contributed by atoms with Crippen molar-refractivity contribution in [2.24, 2.45) is 5.92 Å².